The van der Waals surface area contributed by atoms with E-state index in [9.17, 15) is 8.42 Å². The monoisotopic (exact) mass is 176 g/mol. The molecule has 2 N–H and O–H groups in total. The second kappa shape index (κ2) is 3.32. The molecule has 0 amide bonds. The van der Waals surface area contributed by atoms with E-state index in [-0.39, 0.29) is 0 Å². The van der Waals surface area contributed by atoms with Gasteiger partial charge in [-0.05, 0) is 25.7 Å². The van der Waals surface area contributed by atoms with Gasteiger partial charge in [-0.25, -0.2) is 0 Å². The van der Waals surface area contributed by atoms with Crippen LogP contribution in [0.3, 0.4) is 0 Å². The van der Waals surface area contributed by atoms with Gasteiger partial charge in [0.1, 0.15) is 5.66 Å². The highest BCUT2D eigenvalue weighted by atomic mass is 32.2. The maximum Gasteiger partial charge on any atom is 0.313 e. The first-order chi connectivity index (χ1) is 5.12. The molecule has 0 aliphatic heterocycles. The average molecular weight is 176 g/mol. The minimum atomic E-state index is -2.35. The predicted octanol–water partition coefficient (Wildman–Crippen LogP) is 0.668. The Morgan fingerprint density at radius 3 is 2.18 bits per heavy atom. The van der Waals surface area contributed by atoms with Crippen LogP contribution >= 0.6 is 0 Å². The average Bonchev–Trinajstić information content (AvgIpc) is 1.85. The summed E-state index contributed by atoms with van der Waals surface area (Å²) in [6.45, 7) is 0. The summed E-state index contributed by atoms with van der Waals surface area (Å²) in [5, 5.41) is 0. The molecule has 11 heavy (non-hydrogen) atoms. The lowest BCUT2D eigenvalue weighted by atomic mass is 9.91. The summed E-state index contributed by atoms with van der Waals surface area (Å²) < 4.78 is 23.9. The van der Waals surface area contributed by atoms with Gasteiger partial charge in [0.15, 0.2) is 0 Å². The van der Waals surface area contributed by atoms with Crippen LogP contribution in [0.1, 0.15) is 32.1 Å². The fraction of sp³-hybridized carbons (Fsp3) is 1.00. The normalized spacial score (nSPS) is 22.6. The van der Waals surface area contributed by atoms with Crippen molar-refractivity contribution in [3.05, 3.63) is 0 Å². The number of hydrogen-bond acceptors (Lipinski definition) is 4. The third kappa shape index (κ3) is 2.59. The molecule has 0 aromatic heterocycles. The fourth-order valence-electron chi connectivity index (χ4n) is 1.40. The molecule has 1 fully saturated rings. The van der Waals surface area contributed by atoms with E-state index < -0.39 is 16.2 Å². The molecule has 0 atom stereocenters. The van der Waals surface area contributed by atoms with Crippen molar-refractivity contribution < 1.29 is 8.42 Å². The quantitative estimate of drug-likeness (QED) is 0.638. The van der Waals surface area contributed by atoms with Crippen LogP contribution in [0.15, 0.2) is 4.36 Å². The smallest absolute Gasteiger partial charge is 0.306 e. The molecule has 0 spiro atoms. The first-order valence-electron chi connectivity index (χ1n) is 3.74. The van der Waals surface area contributed by atoms with Crippen LogP contribution in [0.4, 0.5) is 0 Å². The van der Waals surface area contributed by atoms with Gasteiger partial charge in [0.25, 0.3) is 0 Å². The number of rotatable bonds is 1. The maximum absolute atomic E-state index is 10.2. The lowest BCUT2D eigenvalue weighted by molar-refractivity contribution is 0.311. The lowest BCUT2D eigenvalue weighted by Gasteiger charge is -2.26. The fourth-order valence-corrected chi connectivity index (χ4v) is 1.88. The van der Waals surface area contributed by atoms with Crippen LogP contribution in [0.25, 0.3) is 0 Å². The van der Waals surface area contributed by atoms with Crippen molar-refractivity contribution in [2.24, 2.45) is 10.1 Å². The second-order valence-corrected chi connectivity index (χ2v) is 3.59. The Labute approximate surface area is 67.5 Å². The summed E-state index contributed by atoms with van der Waals surface area (Å²) in [4.78, 5) is 0. The van der Waals surface area contributed by atoms with Crippen molar-refractivity contribution in [1.82, 2.24) is 0 Å². The zero-order valence-corrected chi connectivity index (χ0v) is 7.10. The van der Waals surface area contributed by atoms with Gasteiger partial charge in [0.2, 0.25) is 0 Å². The Hall–Kier alpha value is -0.420. The van der Waals surface area contributed by atoms with Gasteiger partial charge in [0.05, 0.1) is 0 Å². The Kier molecular flexibility index (Phi) is 2.62. The number of nitrogens with zero attached hydrogens (tertiary/aromatic N) is 1. The standard InChI is InChI=1S/C6H12N2O2S/c7-6(8-11(9)10)4-2-1-3-5-6/h1-5,7H2. The molecular weight excluding hydrogens is 164 g/mol. The summed E-state index contributed by atoms with van der Waals surface area (Å²) in [6.07, 6.45) is 4.50. The highest BCUT2D eigenvalue weighted by Crippen LogP contribution is 2.26. The van der Waals surface area contributed by atoms with E-state index in [0.29, 0.717) is 12.8 Å². The Bertz CT molecular complexity index is 244. The molecule has 1 aliphatic carbocycles. The molecule has 0 bridgehead atoms. The Balaban J connectivity index is 2.72. The number of hydrogen-bond donors (Lipinski definition) is 1. The molecule has 0 radical (unpaired) electrons. The first kappa shape index (κ1) is 8.67. The van der Waals surface area contributed by atoms with Gasteiger partial charge < -0.3 is 5.73 Å². The van der Waals surface area contributed by atoms with E-state index in [1.165, 1.54) is 0 Å². The van der Waals surface area contributed by atoms with E-state index in [0.717, 1.165) is 19.3 Å². The zero-order valence-electron chi connectivity index (χ0n) is 6.28. The van der Waals surface area contributed by atoms with E-state index in [1.807, 2.05) is 0 Å². The molecule has 4 nitrogen and oxygen atoms in total. The van der Waals surface area contributed by atoms with Crippen LogP contribution in [-0.2, 0) is 10.5 Å². The minimum absolute atomic E-state index is 0.695. The second-order valence-electron chi connectivity index (χ2n) is 2.97. The van der Waals surface area contributed by atoms with Gasteiger partial charge in [-0.15, -0.1) is 4.36 Å². The van der Waals surface area contributed by atoms with Crippen molar-refractivity contribution in [3.63, 3.8) is 0 Å². The molecule has 64 valence electrons. The van der Waals surface area contributed by atoms with Gasteiger partial charge in [-0.2, -0.15) is 8.42 Å². The summed E-state index contributed by atoms with van der Waals surface area (Å²) in [5.74, 6) is 0. The van der Waals surface area contributed by atoms with Crippen LogP contribution in [0, 0.1) is 0 Å². The maximum atomic E-state index is 10.2. The SMILES string of the molecule is NC1(N=S(=O)=O)CCCCC1. The zero-order chi connectivity index (χ0) is 8.32. The minimum Gasteiger partial charge on any atom is -0.306 e. The summed E-state index contributed by atoms with van der Waals surface area (Å²) in [6, 6.07) is 0. The van der Waals surface area contributed by atoms with Crippen LogP contribution < -0.4 is 5.73 Å². The van der Waals surface area contributed by atoms with E-state index in [1.54, 1.807) is 0 Å². The molecule has 0 unspecified atom stereocenters. The van der Waals surface area contributed by atoms with Crippen molar-refractivity contribution in [2.75, 3.05) is 0 Å². The lowest BCUT2D eigenvalue weighted by Crippen LogP contribution is -2.39. The summed E-state index contributed by atoms with van der Waals surface area (Å²) in [7, 11) is -2.35. The van der Waals surface area contributed by atoms with Crippen LogP contribution in [0.2, 0.25) is 0 Å². The van der Waals surface area contributed by atoms with Gasteiger partial charge in [-0.3, -0.25) is 0 Å². The third-order valence-corrected chi connectivity index (χ3v) is 2.49. The molecule has 0 saturated heterocycles. The molecule has 1 aliphatic rings. The summed E-state index contributed by atoms with van der Waals surface area (Å²) in [5.41, 5.74) is 4.91. The largest absolute Gasteiger partial charge is 0.313 e. The van der Waals surface area contributed by atoms with E-state index >= 15 is 0 Å². The molecule has 0 heterocycles. The predicted molar refractivity (Wildman–Crippen MR) is 41.4 cm³/mol. The van der Waals surface area contributed by atoms with E-state index in [4.69, 9.17) is 5.73 Å². The molecule has 5 heteroatoms. The molecule has 1 saturated carbocycles. The Morgan fingerprint density at radius 2 is 1.73 bits per heavy atom. The topological polar surface area (TPSA) is 72.5 Å². The van der Waals surface area contributed by atoms with Gasteiger partial charge in [-0.1, -0.05) is 6.42 Å². The molecular formula is C6H12N2O2S. The first-order valence-corrected chi connectivity index (χ1v) is 4.77. The summed E-state index contributed by atoms with van der Waals surface area (Å²) >= 11 is 0. The highest BCUT2D eigenvalue weighted by Gasteiger charge is 2.26. The third-order valence-electron chi connectivity index (χ3n) is 1.98. The van der Waals surface area contributed by atoms with Crippen molar-refractivity contribution >= 4 is 10.5 Å². The van der Waals surface area contributed by atoms with Crippen LogP contribution in [-0.4, -0.2) is 14.1 Å². The van der Waals surface area contributed by atoms with Gasteiger partial charge >= 0.3 is 10.5 Å². The van der Waals surface area contributed by atoms with Crippen LogP contribution in [0.5, 0.6) is 0 Å². The van der Waals surface area contributed by atoms with Crippen molar-refractivity contribution in [2.45, 2.75) is 37.8 Å². The Morgan fingerprint density at radius 1 is 1.18 bits per heavy atom. The molecule has 0 aromatic carbocycles. The van der Waals surface area contributed by atoms with Gasteiger partial charge in [0, 0.05) is 0 Å². The molecule has 1 rings (SSSR count). The van der Waals surface area contributed by atoms with Crippen molar-refractivity contribution in [3.8, 4) is 0 Å². The highest BCUT2D eigenvalue weighted by molar-refractivity contribution is 7.61. The molecule has 0 aromatic rings. The van der Waals surface area contributed by atoms with E-state index in [2.05, 4.69) is 4.36 Å². The van der Waals surface area contributed by atoms with Crippen molar-refractivity contribution in [1.29, 1.82) is 0 Å². The number of nitrogens with two attached hydrogens (primary N) is 1.